The summed E-state index contributed by atoms with van der Waals surface area (Å²) in [5, 5.41) is 14.7. The highest BCUT2D eigenvalue weighted by Gasteiger charge is 2.59. The maximum absolute atomic E-state index is 12.3. The molecular weight excluding hydrogens is 414 g/mol. The van der Waals surface area contributed by atoms with Gasteiger partial charge in [-0.05, 0) is 6.42 Å². The monoisotopic (exact) mass is 437 g/mol. The highest BCUT2D eigenvalue weighted by Crippen LogP contribution is 2.52. The van der Waals surface area contributed by atoms with Crippen molar-refractivity contribution in [3.05, 3.63) is 0 Å². The number of aliphatic imine (C=N–C) groups is 1. The second-order valence-electron chi connectivity index (χ2n) is 6.20. The Kier molecular flexibility index (Phi) is 6.36. The molecule has 2 aliphatic rings. The molecule has 4 atom stereocenters. The lowest BCUT2D eigenvalue weighted by Crippen LogP contribution is -2.68. The molecule has 130 valence electrons. The van der Waals surface area contributed by atoms with Crippen LogP contribution in [-0.2, 0) is 4.74 Å². The van der Waals surface area contributed by atoms with Crippen LogP contribution in [0.4, 0.5) is 13.2 Å². The molecule has 1 aliphatic carbocycles. The smallest absolute Gasteiger partial charge is 0.382 e. The van der Waals surface area contributed by atoms with Crippen molar-refractivity contribution in [2.75, 3.05) is 20.2 Å². The van der Waals surface area contributed by atoms with Crippen LogP contribution in [0.3, 0.4) is 0 Å². The fourth-order valence-electron chi connectivity index (χ4n) is 3.27. The fourth-order valence-corrected chi connectivity index (χ4v) is 3.27. The molecule has 3 N–H and O–H groups in total. The van der Waals surface area contributed by atoms with Gasteiger partial charge >= 0.3 is 6.18 Å². The normalized spacial score (nSPS) is 31.6. The average molecular weight is 437 g/mol. The number of rotatable bonds is 3. The predicted octanol–water partition coefficient (Wildman–Crippen LogP) is 1.51. The SMILES string of the molecule is CN=C(NCC(O)C(F)(F)F)NC1C2CCOC2C1(C)C.I. The average Bonchev–Trinajstić information content (AvgIpc) is 2.84. The van der Waals surface area contributed by atoms with Gasteiger partial charge in [-0.2, -0.15) is 13.2 Å². The van der Waals surface area contributed by atoms with Crippen molar-refractivity contribution in [3.63, 3.8) is 0 Å². The van der Waals surface area contributed by atoms with Gasteiger partial charge in [-0.3, -0.25) is 4.99 Å². The van der Waals surface area contributed by atoms with E-state index in [0.717, 1.165) is 13.0 Å². The lowest BCUT2D eigenvalue weighted by Gasteiger charge is -2.54. The van der Waals surface area contributed by atoms with Crippen molar-refractivity contribution in [2.45, 2.75) is 44.7 Å². The number of hydrogen-bond acceptors (Lipinski definition) is 3. The van der Waals surface area contributed by atoms with Gasteiger partial charge < -0.3 is 20.5 Å². The van der Waals surface area contributed by atoms with Gasteiger partial charge in [0, 0.05) is 31.0 Å². The van der Waals surface area contributed by atoms with Gasteiger partial charge in [0.25, 0.3) is 0 Å². The number of hydrogen-bond donors (Lipinski definition) is 3. The van der Waals surface area contributed by atoms with Crippen molar-refractivity contribution >= 4 is 29.9 Å². The summed E-state index contributed by atoms with van der Waals surface area (Å²) in [5.41, 5.74) is -0.0958. The maximum atomic E-state index is 12.3. The first kappa shape index (κ1) is 19.8. The summed E-state index contributed by atoms with van der Waals surface area (Å²) >= 11 is 0. The number of alkyl halides is 3. The molecule has 1 heterocycles. The molecule has 5 nitrogen and oxygen atoms in total. The summed E-state index contributed by atoms with van der Waals surface area (Å²) in [6.45, 7) is 4.22. The van der Waals surface area contributed by atoms with Gasteiger partial charge in [0.15, 0.2) is 12.1 Å². The van der Waals surface area contributed by atoms with E-state index in [2.05, 4.69) is 29.5 Å². The van der Waals surface area contributed by atoms with Crippen molar-refractivity contribution in [1.29, 1.82) is 0 Å². The number of aliphatic hydroxyl groups excluding tert-OH is 1. The van der Waals surface area contributed by atoms with Crippen molar-refractivity contribution in [3.8, 4) is 0 Å². The molecule has 0 aromatic carbocycles. The zero-order valence-corrected chi connectivity index (χ0v) is 15.1. The van der Waals surface area contributed by atoms with Crippen molar-refractivity contribution < 1.29 is 23.0 Å². The first-order valence-corrected chi connectivity index (χ1v) is 7.01. The van der Waals surface area contributed by atoms with Crippen molar-refractivity contribution in [1.82, 2.24) is 10.6 Å². The van der Waals surface area contributed by atoms with Crippen molar-refractivity contribution in [2.24, 2.45) is 16.3 Å². The number of guanidine groups is 1. The molecule has 0 radical (unpaired) electrons. The summed E-state index contributed by atoms with van der Waals surface area (Å²) in [4.78, 5) is 3.92. The van der Waals surface area contributed by atoms with E-state index in [9.17, 15) is 13.2 Å². The number of ether oxygens (including phenoxy) is 1. The summed E-state index contributed by atoms with van der Waals surface area (Å²) in [5.74, 6) is 0.618. The minimum atomic E-state index is -4.63. The highest BCUT2D eigenvalue weighted by atomic mass is 127. The van der Waals surface area contributed by atoms with Gasteiger partial charge in [-0.15, -0.1) is 24.0 Å². The maximum Gasteiger partial charge on any atom is 0.416 e. The van der Waals surface area contributed by atoms with Gasteiger partial charge in [0.1, 0.15) is 0 Å². The quantitative estimate of drug-likeness (QED) is 0.356. The highest BCUT2D eigenvalue weighted by molar-refractivity contribution is 14.0. The van der Waals surface area contributed by atoms with E-state index >= 15 is 0 Å². The summed E-state index contributed by atoms with van der Waals surface area (Å²) < 4.78 is 42.5. The van der Waals surface area contributed by atoms with Crippen LogP contribution in [-0.4, -0.2) is 55.7 Å². The second kappa shape index (κ2) is 7.08. The molecule has 1 aliphatic heterocycles. The number of nitrogens with zero attached hydrogens (tertiary/aromatic N) is 1. The Balaban J connectivity index is 0.00000242. The molecule has 4 unspecified atom stereocenters. The van der Waals surface area contributed by atoms with E-state index < -0.39 is 18.8 Å². The fraction of sp³-hybridized carbons (Fsp3) is 0.923. The van der Waals surface area contributed by atoms with E-state index in [0.29, 0.717) is 5.92 Å². The van der Waals surface area contributed by atoms with Crippen LogP contribution in [0, 0.1) is 11.3 Å². The molecule has 9 heteroatoms. The standard InChI is InChI=1S/C13H22F3N3O2.HI/c1-12(2)9(7-4-5-21-10(7)12)19-11(17-3)18-6-8(20)13(14,15)16;/h7-10,20H,4-6H2,1-3H3,(H2,17,18,19);1H. The molecule has 0 spiro atoms. The molecule has 0 amide bonds. The molecule has 22 heavy (non-hydrogen) atoms. The molecule has 1 saturated carbocycles. The predicted molar refractivity (Wildman–Crippen MR) is 87.4 cm³/mol. The van der Waals surface area contributed by atoms with Gasteiger partial charge in [-0.1, -0.05) is 13.8 Å². The van der Waals surface area contributed by atoms with Crippen LogP contribution < -0.4 is 10.6 Å². The molecule has 2 rings (SSSR count). The summed E-state index contributed by atoms with van der Waals surface area (Å²) in [6.07, 6.45) is -5.92. The molecule has 0 bridgehead atoms. The van der Waals surface area contributed by atoms with Crippen LogP contribution in [0.2, 0.25) is 0 Å². The number of aliphatic hydroxyl groups is 1. The number of fused-ring (bicyclic) bond motifs is 1. The summed E-state index contributed by atoms with van der Waals surface area (Å²) in [6, 6.07) is 0.0965. The first-order chi connectivity index (χ1) is 9.67. The Morgan fingerprint density at radius 1 is 1.45 bits per heavy atom. The molecular formula is C13H23F3IN3O2. The Labute approximate surface area is 145 Å². The van der Waals surface area contributed by atoms with Crippen LogP contribution in [0.25, 0.3) is 0 Å². The molecule has 0 aromatic rings. The van der Waals surface area contributed by atoms with E-state index in [-0.39, 0.29) is 47.5 Å². The van der Waals surface area contributed by atoms with E-state index in [4.69, 9.17) is 9.84 Å². The topological polar surface area (TPSA) is 65.9 Å². The van der Waals surface area contributed by atoms with Gasteiger partial charge in [-0.25, -0.2) is 0 Å². The zero-order chi connectivity index (χ0) is 15.8. The Bertz CT molecular complexity index is 418. The Morgan fingerprint density at radius 2 is 2.09 bits per heavy atom. The molecule has 0 aromatic heterocycles. The minimum absolute atomic E-state index is 0. The van der Waals surface area contributed by atoms with Crippen LogP contribution in [0.5, 0.6) is 0 Å². The molecule has 2 fully saturated rings. The van der Waals surface area contributed by atoms with E-state index in [1.165, 1.54) is 7.05 Å². The molecule has 1 saturated heterocycles. The van der Waals surface area contributed by atoms with Crippen LogP contribution in [0.15, 0.2) is 4.99 Å². The Hall–Kier alpha value is -0.290. The largest absolute Gasteiger partial charge is 0.416 e. The van der Waals surface area contributed by atoms with E-state index in [1.54, 1.807) is 0 Å². The zero-order valence-electron chi connectivity index (χ0n) is 12.8. The van der Waals surface area contributed by atoms with Gasteiger partial charge in [0.2, 0.25) is 0 Å². The lowest BCUT2D eigenvalue weighted by atomic mass is 9.57. The van der Waals surface area contributed by atoms with E-state index in [1.807, 2.05) is 0 Å². The minimum Gasteiger partial charge on any atom is -0.382 e. The third-order valence-corrected chi connectivity index (χ3v) is 4.46. The summed E-state index contributed by atoms with van der Waals surface area (Å²) in [7, 11) is 1.49. The second-order valence-corrected chi connectivity index (χ2v) is 6.20. The van der Waals surface area contributed by atoms with Crippen LogP contribution >= 0.6 is 24.0 Å². The third-order valence-electron chi connectivity index (χ3n) is 4.46. The van der Waals surface area contributed by atoms with Gasteiger partial charge in [0.05, 0.1) is 12.6 Å². The number of halogens is 4. The Morgan fingerprint density at radius 3 is 2.64 bits per heavy atom. The van der Waals surface area contributed by atoms with Crippen LogP contribution in [0.1, 0.15) is 20.3 Å². The third kappa shape index (κ3) is 3.78. The first-order valence-electron chi connectivity index (χ1n) is 7.01. The lowest BCUT2D eigenvalue weighted by molar-refractivity contribution is -0.201. The number of nitrogens with one attached hydrogen (secondary N) is 2.